The van der Waals surface area contributed by atoms with E-state index in [2.05, 4.69) is 27.3 Å². The first-order valence-corrected chi connectivity index (χ1v) is 11.2. The molecule has 0 aliphatic carbocycles. The monoisotopic (exact) mass is 408 g/mol. The van der Waals surface area contributed by atoms with Crippen molar-refractivity contribution >= 4 is 6.03 Å². The van der Waals surface area contributed by atoms with Crippen molar-refractivity contribution in [3.63, 3.8) is 0 Å². The molecule has 2 amide bonds. The first-order valence-electron chi connectivity index (χ1n) is 11.2. The number of urea groups is 1. The highest BCUT2D eigenvalue weighted by atomic mass is 16.5. The zero-order valence-electron chi connectivity index (χ0n) is 17.6. The van der Waals surface area contributed by atoms with Gasteiger partial charge in [-0.15, -0.1) is 0 Å². The van der Waals surface area contributed by atoms with E-state index in [9.17, 15) is 4.79 Å². The number of piperidine rings is 2. The second-order valence-corrected chi connectivity index (χ2v) is 8.22. The minimum Gasteiger partial charge on any atom is -0.490 e. The van der Waals surface area contributed by atoms with Crippen molar-refractivity contribution in [1.82, 2.24) is 20.1 Å². The van der Waals surface area contributed by atoms with E-state index in [1.54, 1.807) is 12.4 Å². The number of carbonyl (C=O) groups is 1. The zero-order chi connectivity index (χ0) is 20.6. The Bertz CT molecular complexity index is 770. The van der Waals surface area contributed by atoms with Gasteiger partial charge >= 0.3 is 6.03 Å². The molecular formula is C24H32N4O2. The molecular weight excluding hydrogens is 376 g/mol. The van der Waals surface area contributed by atoms with Crippen LogP contribution in [0, 0.1) is 0 Å². The van der Waals surface area contributed by atoms with Crippen LogP contribution in [-0.2, 0) is 6.42 Å². The smallest absolute Gasteiger partial charge is 0.317 e. The number of aromatic nitrogens is 1. The number of hydrogen-bond donors (Lipinski definition) is 1. The van der Waals surface area contributed by atoms with Gasteiger partial charge in [0.2, 0.25) is 0 Å². The molecule has 0 spiro atoms. The summed E-state index contributed by atoms with van der Waals surface area (Å²) in [6.45, 7) is 4.52. The largest absolute Gasteiger partial charge is 0.490 e. The predicted octanol–water partition coefficient (Wildman–Crippen LogP) is 3.34. The summed E-state index contributed by atoms with van der Waals surface area (Å²) in [5.74, 6) is 0.912. The minimum absolute atomic E-state index is 0.0776. The van der Waals surface area contributed by atoms with E-state index >= 15 is 0 Å². The van der Waals surface area contributed by atoms with Crippen LogP contribution in [0.25, 0.3) is 0 Å². The van der Waals surface area contributed by atoms with Gasteiger partial charge in [0.1, 0.15) is 11.9 Å². The Morgan fingerprint density at radius 2 is 1.67 bits per heavy atom. The van der Waals surface area contributed by atoms with Crippen molar-refractivity contribution in [3.05, 3.63) is 60.4 Å². The molecule has 2 aromatic rings. The maximum Gasteiger partial charge on any atom is 0.317 e. The third kappa shape index (κ3) is 5.72. The molecule has 160 valence electrons. The molecule has 0 unspecified atom stereocenters. The van der Waals surface area contributed by atoms with Crippen molar-refractivity contribution in [2.45, 2.75) is 44.2 Å². The number of amides is 2. The number of nitrogens with zero attached hydrogens (tertiary/aromatic N) is 3. The summed E-state index contributed by atoms with van der Waals surface area (Å²) >= 11 is 0. The van der Waals surface area contributed by atoms with Crippen LogP contribution >= 0.6 is 0 Å². The Kier molecular flexibility index (Phi) is 7.19. The first kappa shape index (κ1) is 20.7. The summed E-state index contributed by atoms with van der Waals surface area (Å²) in [5.41, 5.74) is 1.26. The third-order valence-electron chi connectivity index (χ3n) is 6.23. The number of benzene rings is 1. The number of ether oxygens (including phenoxy) is 1. The Hall–Kier alpha value is -2.60. The highest BCUT2D eigenvalue weighted by Crippen LogP contribution is 2.23. The molecule has 0 atom stereocenters. The second-order valence-electron chi connectivity index (χ2n) is 8.22. The van der Waals surface area contributed by atoms with E-state index in [0.717, 1.165) is 64.0 Å². The molecule has 0 bridgehead atoms. The maximum absolute atomic E-state index is 12.5. The van der Waals surface area contributed by atoms with Gasteiger partial charge in [0, 0.05) is 51.2 Å². The third-order valence-corrected chi connectivity index (χ3v) is 6.23. The normalized spacial score (nSPS) is 18.9. The van der Waals surface area contributed by atoms with Crippen LogP contribution in [0.3, 0.4) is 0 Å². The van der Waals surface area contributed by atoms with E-state index in [4.69, 9.17) is 4.74 Å². The number of hydrogen-bond acceptors (Lipinski definition) is 4. The summed E-state index contributed by atoms with van der Waals surface area (Å²) in [6, 6.07) is 14.8. The van der Waals surface area contributed by atoms with Crippen molar-refractivity contribution < 1.29 is 9.53 Å². The lowest BCUT2D eigenvalue weighted by atomic mass is 9.99. The van der Waals surface area contributed by atoms with Crippen LogP contribution in [0.15, 0.2) is 54.9 Å². The highest BCUT2D eigenvalue weighted by Gasteiger charge is 2.30. The quantitative estimate of drug-likeness (QED) is 0.797. The van der Waals surface area contributed by atoms with Gasteiger partial charge in [-0.2, -0.15) is 0 Å². The van der Waals surface area contributed by atoms with Crippen LogP contribution in [-0.4, -0.2) is 65.7 Å². The SMILES string of the molecule is O=C(NCCc1ccccc1)N1CCC(N2CCC(Oc3ccncc3)CC2)CC1. The number of pyridine rings is 1. The van der Waals surface area contributed by atoms with E-state index in [0.29, 0.717) is 18.7 Å². The fourth-order valence-electron chi connectivity index (χ4n) is 4.47. The summed E-state index contributed by atoms with van der Waals surface area (Å²) in [5, 5.41) is 3.08. The average Bonchev–Trinajstić information content (AvgIpc) is 2.81. The number of rotatable bonds is 6. The molecule has 1 N–H and O–H groups in total. The number of nitrogens with one attached hydrogen (secondary N) is 1. The summed E-state index contributed by atoms with van der Waals surface area (Å²) in [4.78, 5) is 21.1. The molecule has 6 heteroatoms. The molecule has 2 aliphatic rings. The van der Waals surface area contributed by atoms with Gasteiger partial charge in [0.05, 0.1) is 0 Å². The fraction of sp³-hybridized carbons (Fsp3) is 0.500. The molecule has 2 aliphatic heterocycles. The van der Waals surface area contributed by atoms with Crippen molar-refractivity contribution in [2.75, 3.05) is 32.7 Å². The van der Waals surface area contributed by atoms with Crippen LogP contribution in [0.1, 0.15) is 31.2 Å². The predicted molar refractivity (Wildman–Crippen MR) is 118 cm³/mol. The number of likely N-dealkylation sites (tertiary alicyclic amines) is 2. The molecule has 4 rings (SSSR count). The van der Waals surface area contributed by atoms with Gasteiger partial charge in [-0.1, -0.05) is 30.3 Å². The van der Waals surface area contributed by atoms with E-state index in [1.807, 2.05) is 35.2 Å². The molecule has 1 aromatic carbocycles. The van der Waals surface area contributed by atoms with Gasteiger partial charge in [-0.25, -0.2) is 4.79 Å². The van der Waals surface area contributed by atoms with Crippen molar-refractivity contribution in [2.24, 2.45) is 0 Å². The Morgan fingerprint density at radius 1 is 0.967 bits per heavy atom. The van der Waals surface area contributed by atoms with E-state index < -0.39 is 0 Å². The van der Waals surface area contributed by atoms with Crippen LogP contribution in [0.4, 0.5) is 4.79 Å². The molecule has 30 heavy (non-hydrogen) atoms. The van der Waals surface area contributed by atoms with E-state index in [1.165, 1.54) is 5.56 Å². The van der Waals surface area contributed by atoms with Gasteiger partial charge in [-0.05, 0) is 49.8 Å². The average molecular weight is 409 g/mol. The molecule has 6 nitrogen and oxygen atoms in total. The first-order chi connectivity index (χ1) is 14.8. The highest BCUT2D eigenvalue weighted by molar-refractivity contribution is 5.74. The Morgan fingerprint density at radius 3 is 2.37 bits per heavy atom. The molecule has 2 fully saturated rings. The van der Waals surface area contributed by atoms with Gasteiger partial charge in [-0.3, -0.25) is 9.88 Å². The maximum atomic E-state index is 12.5. The molecule has 3 heterocycles. The van der Waals surface area contributed by atoms with Crippen molar-refractivity contribution in [1.29, 1.82) is 0 Å². The van der Waals surface area contributed by atoms with Crippen LogP contribution in [0.2, 0.25) is 0 Å². The lowest BCUT2D eigenvalue weighted by Crippen LogP contribution is -2.52. The Labute approximate surface area is 179 Å². The molecule has 1 aromatic heterocycles. The minimum atomic E-state index is 0.0776. The number of carbonyl (C=O) groups excluding carboxylic acids is 1. The van der Waals surface area contributed by atoms with Gasteiger partial charge in [0.25, 0.3) is 0 Å². The standard InChI is InChI=1S/C24H32N4O2/c29-24(26-15-6-20-4-2-1-3-5-20)28-16-9-21(10-17-28)27-18-11-23(12-19-27)30-22-7-13-25-14-8-22/h1-5,7-8,13-14,21,23H,6,9-12,15-19H2,(H,26,29). The topological polar surface area (TPSA) is 57.7 Å². The lowest BCUT2D eigenvalue weighted by molar-refractivity contribution is 0.0535. The van der Waals surface area contributed by atoms with Gasteiger partial charge < -0.3 is 15.0 Å². The van der Waals surface area contributed by atoms with Gasteiger partial charge in [0.15, 0.2) is 0 Å². The summed E-state index contributed by atoms with van der Waals surface area (Å²) in [6.07, 6.45) is 8.94. The van der Waals surface area contributed by atoms with E-state index in [-0.39, 0.29) is 6.03 Å². The molecule has 0 saturated carbocycles. The fourth-order valence-corrected chi connectivity index (χ4v) is 4.47. The van der Waals surface area contributed by atoms with Crippen LogP contribution in [0.5, 0.6) is 5.75 Å². The lowest BCUT2D eigenvalue weighted by Gasteiger charge is -2.41. The summed E-state index contributed by atoms with van der Waals surface area (Å²) < 4.78 is 6.08. The second kappa shape index (κ2) is 10.4. The Balaban J connectivity index is 1.14. The summed E-state index contributed by atoms with van der Waals surface area (Å²) in [7, 11) is 0. The molecule has 0 radical (unpaired) electrons. The zero-order valence-corrected chi connectivity index (χ0v) is 17.6. The van der Waals surface area contributed by atoms with Crippen molar-refractivity contribution in [3.8, 4) is 5.75 Å². The van der Waals surface area contributed by atoms with Crippen LogP contribution < -0.4 is 10.1 Å². The molecule has 2 saturated heterocycles.